The number of hydrogen-bond acceptors (Lipinski definition) is 4. The van der Waals surface area contributed by atoms with Crippen molar-refractivity contribution in [2.75, 3.05) is 0 Å². The van der Waals surface area contributed by atoms with E-state index in [4.69, 9.17) is 4.42 Å². The highest BCUT2D eigenvalue weighted by Crippen LogP contribution is 2.19. The number of aromatic nitrogens is 2. The molecule has 26 heavy (non-hydrogen) atoms. The summed E-state index contributed by atoms with van der Waals surface area (Å²) in [6.07, 6.45) is 1.70. The Labute approximate surface area is 151 Å². The SMILES string of the molecule is Cc1cc(C(=O)NNC(=O)c2cc(C)n(-c3ccccn3)c2C)c(C)o1. The maximum absolute atomic E-state index is 12.5. The van der Waals surface area contributed by atoms with Crippen LogP contribution in [0.1, 0.15) is 43.6 Å². The number of aryl methyl sites for hydroxylation is 3. The second-order valence-electron chi connectivity index (χ2n) is 6.04. The van der Waals surface area contributed by atoms with Crippen LogP contribution in [0, 0.1) is 27.7 Å². The first-order valence-electron chi connectivity index (χ1n) is 8.16. The highest BCUT2D eigenvalue weighted by atomic mass is 16.3. The van der Waals surface area contributed by atoms with Crippen molar-refractivity contribution in [3.8, 4) is 5.82 Å². The molecule has 3 aromatic rings. The van der Waals surface area contributed by atoms with Gasteiger partial charge in [-0.15, -0.1) is 0 Å². The molecule has 7 nitrogen and oxygen atoms in total. The standard InChI is InChI=1S/C19H20N4O3/c1-11-9-15(13(3)23(11)17-7-5-6-8-20-17)18(24)21-22-19(25)16-10-12(2)26-14(16)4/h5-10H,1-4H3,(H,21,24)(H,22,25). The molecule has 0 aliphatic rings. The Morgan fingerprint density at radius 2 is 1.69 bits per heavy atom. The van der Waals surface area contributed by atoms with Crippen LogP contribution in [0.2, 0.25) is 0 Å². The normalized spacial score (nSPS) is 10.6. The van der Waals surface area contributed by atoms with Crippen molar-refractivity contribution < 1.29 is 14.0 Å². The van der Waals surface area contributed by atoms with Gasteiger partial charge in [-0.1, -0.05) is 6.07 Å². The van der Waals surface area contributed by atoms with E-state index < -0.39 is 11.8 Å². The van der Waals surface area contributed by atoms with Crippen LogP contribution in [-0.4, -0.2) is 21.4 Å². The molecule has 0 atom stereocenters. The van der Waals surface area contributed by atoms with Crippen LogP contribution in [0.4, 0.5) is 0 Å². The fourth-order valence-corrected chi connectivity index (χ4v) is 2.94. The molecule has 7 heteroatoms. The number of rotatable bonds is 3. The molecule has 3 aromatic heterocycles. The van der Waals surface area contributed by atoms with Gasteiger partial charge in [-0.05, 0) is 52.0 Å². The quantitative estimate of drug-likeness (QED) is 0.709. The van der Waals surface area contributed by atoms with E-state index in [2.05, 4.69) is 15.8 Å². The van der Waals surface area contributed by atoms with Gasteiger partial charge >= 0.3 is 0 Å². The number of pyridine rings is 1. The van der Waals surface area contributed by atoms with Gasteiger partial charge in [0.05, 0.1) is 11.1 Å². The number of carbonyl (C=O) groups is 2. The van der Waals surface area contributed by atoms with Crippen LogP contribution in [0.3, 0.4) is 0 Å². The van der Waals surface area contributed by atoms with E-state index >= 15 is 0 Å². The number of nitrogens with zero attached hydrogens (tertiary/aromatic N) is 2. The zero-order chi connectivity index (χ0) is 18.8. The lowest BCUT2D eigenvalue weighted by molar-refractivity contribution is 0.0845. The van der Waals surface area contributed by atoms with Gasteiger partial charge in [0, 0.05) is 17.6 Å². The van der Waals surface area contributed by atoms with Crippen LogP contribution < -0.4 is 10.9 Å². The fourth-order valence-electron chi connectivity index (χ4n) is 2.94. The zero-order valence-electron chi connectivity index (χ0n) is 15.1. The Kier molecular flexibility index (Phi) is 4.62. The molecule has 2 amide bonds. The summed E-state index contributed by atoms with van der Waals surface area (Å²) in [5.41, 5.74) is 7.35. The summed E-state index contributed by atoms with van der Waals surface area (Å²) in [5.74, 6) is 1.05. The van der Waals surface area contributed by atoms with Gasteiger partial charge in [-0.2, -0.15) is 0 Å². The smallest absolute Gasteiger partial charge is 0.273 e. The molecule has 0 unspecified atom stereocenters. The minimum atomic E-state index is -0.425. The van der Waals surface area contributed by atoms with Crippen molar-refractivity contribution in [3.63, 3.8) is 0 Å². The summed E-state index contributed by atoms with van der Waals surface area (Å²) >= 11 is 0. The molecule has 0 aliphatic carbocycles. The third kappa shape index (κ3) is 3.23. The van der Waals surface area contributed by atoms with Crippen molar-refractivity contribution in [1.29, 1.82) is 0 Å². The summed E-state index contributed by atoms with van der Waals surface area (Å²) in [6, 6.07) is 8.98. The second-order valence-corrected chi connectivity index (χ2v) is 6.04. The van der Waals surface area contributed by atoms with Crippen molar-refractivity contribution in [2.24, 2.45) is 0 Å². The topological polar surface area (TPSA) is 89.2 Å². The average Bonchev–Trinajstić information content (AvgIpc) is 3.11. The molecule has 2 N–H and O–H groups in total. The van der Waals surface area contributed by atoms with Gasteiger partial charge in [0.15, 0.2) is 0 Å². The van der Waals surface area contributed by atoms with Gasteiger partial charge in [-0.25, -0.2) is 4.98 Å². The maximum atomic E-state index is 12.5. The molecule has 0 saturated carbocycles. The van der Waals surface area contributed by atoms with Gasteiger partial charge < -0.3 is 8.98 Å². The Balaban J connectivity index is 1.77. The molecular weight excluding hydrogens is 332 g/mol. The van der Waals surface area contributed by atoms with E-state index in [9.17, 15) is 9.59 Å². The summed E-state index contributed by atoms with van der Waals surface area (Å²) in [5, 5.41) is 0. The maximum Gasteiger partial charge on any atom is 0.273 e. The molecule has 3 rings (SSSR count). The van der Waals surface area contributed by atoms with E-state index in [0.717, 1.165) is 17.2 Å². The molecule has 0 aliphatic heterocycles. The first-order chi connectivity index (χ1) is 12.4. The first-order valence-corrected chi connectivity index (χ1v) is 8.16. The monoisotopic (exact) mass is 352 g/mol. The highest BCUT2D eigenvalue weighted by molar-refractivity contribution is 6.00. The number of nitrogens with one attached hydrogen (secondary N) is 2. The van der Waals surface area contributed by atoms with Crippen molar-refractivity contribution >= 4 is 11.8 Å². The number of hydrazine groups is 1. The predicted octanol–water partition coefficient (Wildman–Crippen LogP) is 2.77. The molecule has 0 spiro atoms. The van der Waals surface area contributed by atoms with Crippen molar-refractivity contribution in [2.45, 2.75) is 27.7 Å². The van der Waals surface area contributed by atoms with Gasteiger partial charge in [0.2, 0.25) is 0 Å². The predicted molar refractivity (Wildman–Crippen MR) is 96.2 cm³/mol. The van der Waals surface area contributed by atoms with E-state index in [0.29, 0.717) is 22.6 Å². The molecule has 0 aromatic carbocycles. The van der Waals surface area contributed by atoms with E-state index in [1.54, 1.807) is 32.2 Å². The third-order valence-corrected chi connectivity index (χ3v) is 4.13. The Bertz CT molecular complexity index is 970. The lowest BCUT2D eigenvalue weighted by Gasteiger charge is -2.09. The summed E-state index contributed by atoms with van der Waals surface area (Å²) in [6.45, 7) is 7.19. The van der Waals surface area contributed by atoms with Crippen LogP contribution >= 0.6 is 0 Å². The van der Waals surface area contributed by atoms with Crippen molar-refractivity contribution in [3.05, 3.63) is 70.6 Å². The van der Waals surface area contributed by atoms with E-state index in [1.165, 1.54) is 0 Å². The van der Waals surface area contributed by atoms with E-state index in [-0.39, 0.29) is 0 Å². The van der Waals surface area contributed by atoms with Gasteiger partial charge in [0.25, 0.3) is 11.8 Å². The van der Waals surface area contributed by atoms with E-state index in [1.807, 2.05) is 36.6 Å². The highest BCUT2D eigenvalue weighted by Gasteiger charge is 2.19. The average molecular weight is 352 g/mol. The third-order valence-electron chi connectivity index (χ3n) is 4.13. The number of furan rings is 1. The lowest BCUT2D eigenvalue weighted by atomic mass is 10.2. The molecule has 3 heterocycles. The second kappa shape index (κ2) is 6.87. The minimum absolute atomic E-state index is 0.391. The minimum Gasteiger partial charge on any atom is -0.466 e. The lowest BCUT2D eigenvalue weighted by Crippen LogP contribution is -2.41. The van der Waals surface area contributed by atoms with Gasteiger partial charge in [-0.3, -0.25) is 20.4 Å². The molecule has 0 radical (unpaired) electrons. The van der Waals surface area contributed by atoms with Crippen LogP contribution in [0.25, 0.3) is 5.82 Å². The van der Waals surface area contributed by atoms with Crippen molar-refractivity contribution in [1.82, 2.24) is 20.4 Å². The summed E-state index contributed by atoms with van der Waals surface area (Å²) in [4.78, 5) is 29.0. The van der Waals surface area contributed by atoms with Crippen LogP contribution in [0.5, 0.6) is 0 Å². The molecule has 134 valence electrons. The molecule has 0 saturated heterocycles. The molecule has 0 bridgehead atoms. The van der Waals surface area contributed by atoms with Crippen LogP contribution in [-0.2, 0) is 0 Å². The number of carbonyl (C=O) groups excluding carboxylic acids is 2. The Morgan fingerprint density at radius 1 is 1.00 bits per heavy atom. The summed E-state index contributed by atoms with van der Waals surface area (Å²) < 4.78 is 7.22. The Morgan fingerprint density at radius 3 is 2.27 bits per heavy atom. The van der Waals surface area contributed by atoms with Crippen LogP contribution in [0.15, 0.2) is 40.9 Å². The zero-order valence-corrected chi connectivity index (χ0v) is 15.1. The summed E-state index contributed by atoms with van der Waals surface area (Å²) in [7, 11) is 0. The largest absolute Gasteiger partial charge is 0.466 e. The van der Waals surface area contributed by atoms with Gasteiger partial charge in [0.1, 0.15) is 17.3 Å². The number of hydrogen-bond donors (Lipinski definition) is 2. The molecule has 0 fully saturated rings. The molecular formula is C19H20N4O3. The Hall–Kier alpha value is -3.35. The number of amides is 2. The fraction of sp³-hybridized carbons (Fsp3) is 0.211. The first kappa shape index (κ1) is 17.5.